The van der Waals surface area contributed by atoms with Gasteiger partial charge in [0.1, 0.15) is 5.78 Å². The van der Waals surface area contributed by atoms with Crippen LogP contribution in [0.5, 0.6) is 0 Å². The van der Waals surface area contributed by atoms with E-state index in [2.05, 4.69) is 0 Å². The van der Waals surface area contributed by atoms with Crippen LogP contribution in [-0.4, -0.2) is 25.5 Å². The molecule has 18 heavy (non-hydrogen) atoms. The SMILES string of the molecule is NCC1(CC(=O)CC2CCOCC2)CCCCC1. The number of carbonyl (C=O) groups excluding carboxylic acids is 1. The van der Waals surface area contributed by atoms with Gasteiger partial charge in [0.05, 0.1) is 0 Å². The highest BCUT2D eigenvalue weighted by atomic mass is 16.5. The first-order chi connectivity index (χ1) is 8.74. The van der Waals surface area contributed by atoms with E-state index in [4.69, 9.17) is 10.5 Å². The molecule has 0 unspecified atom stereocenters. The molecule has 104 valence electrons. The quantitative estimate of drug-likeness (QED) is 0.819. The molecule has 0 aromatic carbocycles. The van der Waals surface area contributed by atoms with E-state index in [1.807, 2.05) is 0 Å². The second-order valence-electron chi connectivity index (χ2n) is 6.24. The van der Waals surface area contributed by atoms with Crippen LogP contribution in [0.4, 0.5) is 0 Å². The van der Waals surface area contributed by atoms with E-state index in [0.29, 0.717) is 18.2 Å². The Hall–Kier alpha value is -0.410. The standard InChI is InChI=1S/C15H27NO2/c16-12-15(6-2-1-3-7-15)11-14(17)10-13-4-8-18-9-5-13/h13H,1-12,16H2. The Morgan fingerprint density at radius 3 is 2.44 bits per heavy atom. The van der Waals surface area contributed by atoms with Crippen LogP contribution < -0.4 is 5.73 Å². The van der Waals surface area contributed by atoms with Crippen molar-refractivity contribution in [3.8, 4) is 0 Å². The Labute approximate surface area is 110 Å². The largest absolute Gasteiger partial charge is 0.381 e. The zero-order valence-corrected chi connectivity index (χ0v) is 11.5. The fraction of sp³-hybridized carbons (Fsp3) is 0.933. The van der Waals surface area contributed by atoms with Crippen molar-refractivity contribution >= 4 is 5.78 Å². The lowest BCUT2D eigenvalue weighted by atomic mass is 9.70. The van der Waals surface area contributed by atoms with Crippen molar-refractivity contribution in [1.29, 1.82) is 0 Å². The van der Waals surface area contributed by atoms with E-state index in [9.17, 15) is 4.79 Å². The summed E-state index contributed by atoms with van der Waals surface area (Å²) < 4.78 is 5.34. The number of ether oxygens (including phenoxy) is 1. The van der Waals surface area contributed by atoms with Crippen LogP contribution in [0.1, 0.15) is 57.8 Å². The van der Waals surface area contributed by atoms with Gasteiger partial charge in [-0.15, -0.1) is 0 Å². The smallest absolute Gasteiger partial charge is 0.133 e. The summed E-state index contributed by atoms with van der Waals surface area (Å²) in [5, 5.41) is 0. The van der Waals surface area contributed by atoms with E-state index >= 15 is 0 Å². The molecule has 2 N–H and O–H groups in total. The average molecular weight is 253 g/mol. The number of ketones is 1. The van der Waals surface area contributed by atoms with Crippen molar-refractivity contribution < 1.29 is 9.53 Å². The van der Waals surface area contributed by atoms with Gasteiger partial charge in [-0.25, -0.2) is 0 Å². The van der Waals surface area contributed by atoms with Gasteiger partial charge in [0.25, 0.3) is 0 Å². The summed E-state index contributed by atoms with van der Waals surface area (Å²) in [7, 11) is 0. The summed E-state index contributed by atoms with van der Waals surface area (Å²) in [6.07, 6.45) is 9.72. The van der Waals surface area contributed by atoms with Gasteiger partial charge in [0.2, 0.25) is 0 Å². The molecule has 1 aliphatic carbocycles. The van der Waals surface area contributed by atoms with Crippen molar-refractivity contribution in [3.05, 3.63) is 0 Å². The number of rotatable bonds is 5. The third kappa shape index (κ3) is 3.79. The predicted molar refractivity (Wildman–Crippen MR) is 72.4 cm³/mol. The molecule has 1 saturated heterocycles. The number of hydrogen-bond acceptors (Lipinski definition) is 3. The highest BCUT2D eigenvalue weighted by molar-refractivity contribution is 5.79. The average Bonchev–Trinajstić information content (AvgIpc) is 2.41. The minimum absolute atomic E-state index is 0.139. The molecule has 0 amide bonds. The zero-order valence-electron chi connectivity index (χ0n) is 11.5. The molecule has 1 aliphatic heterocycles. The molecule has 0 aromatic heterocycles. The Bertz CT molecular complexity index is 266. The third-order valence-corrected chi connectivity index (χ3v) is 4.78. The molecule has 2 aliphatic rings. The monoisotopic (exact) mass is 253 g/mol. The highest BCUT2D eigenvalue weighted by Gasteiger charge is 2.33. The Balaban J connectivity index is 1.81. The zero-order chi connectivity index (χ0) is 12.8. The predicted octanol–water partition coefficient (Wildman–Crippen LogP) is 2.67. The van der Waals surface area contributed by atoms with Crippen molar-refractivity contribution in [1.82, 2.24) is 0 Å². The lowest BCUT2D eigenvalue weighted by Crippen LogP contribution is -2.35. The van der Waals surface area contributed by atoms with Crippen molar-refractivity contribution in [3.63, 3.8) is 0 Å². The van der Waals surface area contributed by atoms with Crippen LogP contribution in [0.15, 0.2) is 0 Å². The minimum atomic E-state index is 0.139. The summed E-state index contributed by atoms with van der Waals surface area (Å²) in [6.45, 7) is 2.35. The van der Waals surface area contributed by atoms with E-state index in [1.165, 1.54) is 19.3 Å². The molecule has 0 radical (unpaired) electrons. The van der Waals surface area contributed by atoms with E-state index in [0.717, 1.165) is 51.7 Å². The molecule has 0 atom stereocenters. The van der Waals surface area contributed by atoms with Crippen molar-refractivity contribution in [2.45, 2.75) is 57.8 Å². The lowest BCUT2D eigenvalue weighted by Gasteiger charge is -2.36. The van der Waals surface area contributed by atoms with Crippen LogP contribution in [-0.2, 0) is 9.53 Å². The maximum atomic E-state index is 12.2. The first kappa shape index (κ1) is 14.0. The highest BCUT2D eigenvalue weighted by Crippen LogP contribution is 2.39. The molecular formula is C15H27NO2. The number of Topliss-reactive ketones (excluding diaryl/α,β-unsaturated/α-hetero) is 1. The van der Waals surface area contributed by atoms with Gasteiger partial charge in [-0.2, -0.15) is 0 Å². The van der Waals surface area contributed by atoms with Crippen LogP contribution in [0, 0.1) is 11.3 Å². The van der Waals surface area contributed by atoms with Crippen molar-refractivity contribution in [2.24, 2.45) is 17.1 Å². The Kier molecular flexibility index (Phi) is 5.19. The molecule has 0 aromatic rings. The fourth-order valence-corrected chi connectivity index (χ4v) is 3.52. The molecule has 3 nitrogen and oxygen atoms in total. The maximum absolute atomic E-state index is 12.2. The first-order valence-corrected chi connectivity index (χ1v) is 7.54. The molecule has 3 heteroatoms. The first-order valence-electron chi connectivity index (χ1n) is 7.54. The summed E-state index contributed by atoms with van der Waals surface area (Å²) in [4.78, 5) is 12.2. The fourth-order valence-electron chi connectivity index (χ4n) is 3.52. The van der Waals surface area contributed by atoms with Crippen LogP contribution in [0.2, 0.25) is 0 Å². The van der Waals surface area contributed by atoms with Crippen molar-refractivity contribution in [2.75, 3.05) is 19.8 Å². The topological polar surface area (TPSA) is 52.3 Å². The second-order valence-corrected chi connectivity index (χ2v) is 6.24. The molecule has 0 spiro atoms. The normalized spacial score (nSPS) is 24.9. The summed E-state index contributed by atoms with van der Waals surface area (Å²) in [6, 6.07) is 0. The van der Waals surface area contributed by atoms with Crippen LogP contribution in [0.3, 0.4) is 0 Å². The van der Waals surface area contributed by atoms with Gasteiger partial charge in [0.15, 0.2) is 0 Å². The molecular weight excluding hydrogens is 226 g/mol. The lowest BCUT2D eigenvalue weighted by molar-refractivity contribution is -0.123. The van der Waals surface area contributed by atoms with Crippen LogP contribution in [0.25, 0.3) is 0 Å². The van der Waals surface area contributed by atoms with E-state index < -0.39 is 0 Å². The van der Waals surface area contributed by atoms with Gasteiger partial charge in [-0.1, -0.05) is 19.3 Å². The number of carbonyl (C=O) groups is 1. The van der Waals surface area contributed by atoms with Gasteiger partial charge in [-0.3, -0.25) is 4.79 Å². The van der Waals surface area contributed by atoms with Crippen LogP contribution >= 0.6 is 0 Å². The van der Waals surface area contributed by atoms with Gasteiger partial charge < -0.3 is 10.5 Å². The van der Waals surface area contributed by atoms with E-state index in [-0.39, 0.29) is 5.41 Å². The van der Waals surface area contributed by atoms with E-state index in [1.54, 1.807) is 0 Å². The Morgan fingerprint density at radius 1 is 1.17 bits per heavy atom. The number of hydrogen-bond donors (Lipinski definition) is 1. The summed E-state index contributed by atoms with van der Waals surface area (Å²) in [5.74, 6) is 0.999. The van der Waals surface area contributed by atoms with Gasteiger partial charge in [0, 0.05) is 26.1 Å². The molecule has 0 bridgehead atoms. The number of nitrogens with two attached hydrogens (primary N) is 1. The second kappa shape index (κ2) is 6.67. The molecule has 2 fully saturated rings. The summed E-state index contributed by atoms with van der Waals surface area (Å²) in [5.41, 5.74) is 6.09. The summed E-state index contributed by atoms with van der Waals surface area (Å²) >= 11 is 0. The molecule has 1 saturated carbocycles. The van der Waals surface area contributed by atoms with Gasteiger partial charge >= 0.3 is 0 Å². The Morgan fingerprint density at radius 2 is 1.83 bits per heavy atom. The maximum Gasteiger partial charge on any atom is 0.133 e. The molecule has 1 heterocycles. The minimum Gasteiger partial charge on any atom is -0.381 e. The molecule has 2 rings (SSSR count). The third-order valence-electron chi connectivity index (χ3n) is 4.78. The van der Waals surface area contributed by atoms with Gasteiger partial charge in [-0.05, 0) is 43.6 Å².